The van der Waals surface area contributed by atoms with Gasteiger partial charge in [-0.25, -0.2) is 0 Å². The third kappa shape index (κ3) is 2.95. The first-order valence-corrected chi connectivity index (χ1v) is 8.04. The molecule has 0 aliphatic rings. The van der Waals surface area contributed by atoms with Crippen molar-refractivity contribution in [3.8, 4) is 0 Å². The smallest absolute Gasteiger partial charge is 0.0349 e. The molecule has 0 bridgehead atoms. The molecule has 0 aliphatic heterocycles. The Morgan fingerprint density at radius 3 is 2.56 bits per heavy atom. The van der Waals surface area contributed by atoms with Crippen LogP contribution in [0.3, 0.4) is 0 Å². The minimum atomic E-state index is 0.530. The topological polar surface area (TPSA) is 12.0 Å². The maximum atomic E-state index is 3.58. The molecular formula is C15H20BrNS. The molecule has 2 aromatic rings. The molecule has 0 unspecified atom stereocenters. The molecule has 1 aromatic carbocycles. The van der Waals surface area contributed by atoms with Crippen molar-refractivity contribution in [2.45, 2.75) is 46.2 Å². The fourth-order valence-electron chi connectivity index (χ4n) is 2.20. The molecule has 1 heterocycles. The number of hydrogen-bond donors (Lipinski definition) is 1. The number of benzene rings is 1. The maximum absolute atomic E-state index is 3.58. The van der Waals surface area contributed by atoms with Crippen molar-refractivity contribution in [2.24, 2.45) is 0 Å². The fourth-order valence-corrected chi connectivity index (χ4v) is 3.85. The molecule has 0 spiro atoms. The number of rotatable bonds is 4. The normalized spacial score (nSPS) is 11.9. The van der Waals surface area contributed by atoms with E-state index in [1.807, 2.05) is 11.3 Å². The Balaban J connectivity index is 2.48. The van der Waals surface area contributed by atoms with E-state index in [1.165, 1.54) is 20.5 Å². The van der Waals surface area contributed by atoms with Crippen LogP contribution in [0.2, 0.25) is 0 Å². The van der Waals surface area contributed by atoms with E-state index in [-0.39, 0.29) is 0 Å². The summed E-state index contributed by atoms with van der Waals surface area (Å²) >= 11 is 5.50. The van der Waals surface area contributed by atoms with E-state index in [2.05, 4.69) is 67.1 Å². The maximum Gasteiger partial charge on any atom is 0.0349 e. The standard InChI is InChI=1S/C15H20BrNS/c1-9(2)15-12-7-11(16)5-6-13(12)18-14(15)8-17-10(3)4/h5-7,9-10,17H,8H2,1-4H3. The van der Waals surface area contributed by atoms with Gasteiger partial charge >= 0.3 is 0 Å². The molecule has 1 N–H and O–H groups in total. The molecule has 1 aromatic heterocycles. The highest BCUT2D eigenvalue weighted by Gasteiger charge is 2.15. The molecule has 3 heteroatoms. The van der Waals surface area contributed by atoms with Crippen LogP contribution in [0.15, 0.2) is 22.7 Å². The largest absolute Gasteiger partial charge is 0.310 e. The average molecular weight is 326 g/mol. The van der Waals surface area contributed by atoms with E-state index in [0.29, 0.717) is 12.0 Å². The first-order valence-electron chi connectivity index (χ1n) is 6.43. The number of fused-ring (bicyclic) bond motifs is 1. The predicted molar refractivity (Wildman–Crippen MR) is 85.6 cm³/mol. The number of halogens is 1. The first kappa shape index (κ1) is 14.0. The summed E-state index contributed by atoms with van der Waals surface area (Å²) in [6, 6.07) is 7.12. The summed E-state index contributed by atoms with van der Waals surface area (Å²) in [5.74, 6) is 0.567. The molecule has 0 saturated heterocycles. The van der Waals surface area contributed by atoms with Crippen LogP contribution in [-0.2, 0) is 6.54 Å². The summed E-state index contributed by atoms with van der Waals surface area (Å²) in [5, 5.41) is 4.94. The summed E-state index contributed by atoms with van der Waals surface area (Å²) in [5.41, 5.74) is 1.50. The third-order valence-corrected chi connectivity index (χ3v) is 4.69. The summed E-state index contributed by atoms with van der Waals surface area (Å²) in [7, 11) is 0. The Labute approximate surface area is 122 Å². The van der Waals surface area contributed by atoms with Gasteiger partial charge in [-0.1, -0.05) is 43.6 Å². The van der Waals surface area contributed by atoms with E-state index >= 15 is 0 Å². The number of hydrogen-bond acceptors (Lipinski definition) is 2. The summed E-state index contributed by atoms with van der Waals surface area (Å²) < 4.78 is 2.56. The van der Waals surface area contributed by atoms with Crippen molar-refractivity contribution in [2.75, 3.05) is 0 Å². The van der Waals surface area contributed by atoms with Crippen molar-refractivity contribution in [3.63, 3.8) is 0 Å². The van der Waals surface area contributed by atoms with Crippen LogP contribution in [0.5, 0.6) is 0 Å². The molecule has 0 aliphatic carbocycles. The number of thiophene rings is 1. The lowest BCUT2D eigenvalue weighted by molar-refractivity contribution is 0.590. The molecular weight excluding hydrogens is 306 g/mol. The van der Waals surface area contributed by atoms with E-state index < -0.39 is 0 Å². The zero-order chi connectivity index (χ0) is 13.3. The Morgan fingerprint density at radius 1 is 1.22 bits per heavy atom. The van der Waals surface area contributed by atoms with Gasteiger partial charge in [0.25, 0.3) is 0 Å². The van der Waals surface area contributed by atoms with Crippen molar-refractivity contribution in [1.29, 1.82) is 0 Å². The van der Waals surface area contributed by atoms with Gasteiger partial charge in [0, 0.05) is 26.6 Å². The Hall–Kier alpha value is -0.380. The molecule has 0 amide bonds. The van der Waals surface area contributed by atoms with Gasteiger partial charge in [0.1, 0.15) is 0 Å². The van der Waals surface area contributed by atoms with E-state index in [0.717, 1.165) is 11.0 Å². The second kappa shape index (κ2) is 5.72. The summed E-state index contributed by atoms with van der Waals surface area (Å²) in [6.45, 7) is 9.92. The third-order valence-electron chi connectivity index (χ3n) is 3.01. The fraction of sp³-hybridized carbons (Fsp3) is 0.467. The SMILES string of the molecule is CC(C)NCc1sc2ccc(Br)cc2c1C(C)C. The zero-order valence-electron chi connectivity index (χ0n) is 11.4. The van der Waals surface area contributed by atoms with Gasteiger partial charge in [-0.2, -0.15) is 0 Å². The zero-order valence-corrected chi connectivity index (χ0v) is 13.8. The van der Waals surface area contributed by atoms with Gasteiger partial charge in [0.05, 0.1) is 0 Å². The minimum absolute atomic E-state index is 0.530. The Bertz CT molecular complexity index is 543. The lowest BCUT2D eigenvalue weighted by Gasteiger charge is -2.11. The van der Waals surface area contributed by atoms with Crippen LogP contribution >= 0.6 is 27.3 Å². The van der Waals surface area contributed by atoms with Crippen LogP contribution in [-0.4, -0.2) is 6.04 Å². The van der Waals surface area contributed by atoms with Crippen molar-refractivity contribution in [3.05, 3.63) is 33.1 Å². The highest BCUT2D eigenvalue weighted by atomic mass is 79.9. The Kier molecular flexibility index (Phi) is 4.46. The second-order valence-corrected chi connectivity index (χ2v) is 7.32. The van der Waals surface area contributed by atoms with Crippen LogP contribution in [0.1, 0.15) is 44.1 Å². The highest BCUT2D eigenvalue weighted by molar-refractivity contribution is 9.10. The second-order valence-electron chi connectivity index (χ2n) is 5.27. The lowest BCUT2D eigenvalue weighted by Crippen LogP contribution is -2.21. The van der Waals surface area contributed by atoms with Gasteiger partial charge in [-0.3, -0.25) is 0 Å². The van der Waals surface area contributed by atoms with Crippen LogP contribution in [0, 0.1) is 0 Å². The van der Waals surface area contributed by atoms with Gasteiger partial charge in [0.15, 0.2) is 0 Å². The molecule has 0 radical (unpaired) electrons. The summed E-state index contributed by atoms with van der Waals surface area (Å²) in [4.78, 5) is 1.48. The van der Waals surface area contributed by atoms with Crippen molar-refractivity contribution in [1.82, 2.24) is 5.32 Å². The van der Waals surface area contributed by atoms with Crippen molar-refractivity contribution < 1.29 is 0 Å². The summed E-state index contributed by atoms with van der Waals surface area (Å²) in [6.07, 6.45) is 0. The van der Waals surface area contributed by atoms with Crippen LogP contribution in [0.4, 0.5) is 0 Å². The molecule has 1 nitrogen and oxygen atoms in total. The average Bonchev–Trinajstić information content (AvgIpc) is 2.63. The lowest BCUT2D eigenvalue weighted by atomic mass is 9.99. The van der Waals surface area contributed by atoms with E-state index in [1.54, 1.807) is 0 Å². The predicted octanol–water partition coefficient (Wildman–Crippen LogP) is 5.29. The number of nitrogens with one attached hydrogen (secondary N) is 1. The van der Waals surface area contributed by atoms with Crippen molar-refractivity contribution >= 4 is 37.4 Å². The van der Waals surface area contributed by atoms with Crippen LogP contribution < -0.4 is 5.32 Å². The van der Waals surface area contributed by atoms with Crippen LogP contribution in [0.25, 0.3) is 10.1 Å². The quantitative estimate of drug-likeness (QED) is 0.805. The van der Waals surface area contributed by atoms with E-state index in [9.17, 15) is 0 Å². The van der Waals surface area contributed by atoms with Gasteiger partial charge in [-0.15, -0.1) is 11.3 Å². The van der Waals surface area contributed by atoms with Gasteiger partial charge in [-0.05, 0) is 35.1 Å². The highest BCUT2D eigenvalue weighted by Crippen LogP contribution is 2.37. The monoisotopic (exact) mass is 325 g/mol. The molecule has 2 rings (SSSR count). The van der Waals surface area contributed by atoms with Gasteiger partial charge in [0.2, 0.25) is 0 Å². The van der Waals surface area contributed by atoms with E-state index in [4.69, 9.17) is 0 Å². The van der Waals surface area contributed by atoms with Gasteiger partial charge < -0.3 is 5.32 Å². The Morgan fingerprint density at radius 2 is 1.94 bits per heavy atom. The molecule has 0 atom stereocenters. The minimum Gasteiger partial charge on any atom is -0.310 e. The molecule has 0 saturated carbocycles. The molecule has 98 valence electrons. The molecule has 18 heavy (non-hydrogen) atoms. The first-order chi connectivity index (χ1) is 8.49. The molecule has 0 fully saturated rings.